The number of likely N-dealkylation sites (N-methyl/N-ethyl adjacent to an activating group) is 3. The van der Waals surface area contributed by atoms with E-state index in [1.165, 1.54) is 0 Å². The van der Waals surface area contributed by atoms with Gasteiger partial charge >= 0.3 is 11.9 Å². The number of epoxide rings is 1. The first-order valence-electron chi connectivity index (χ1n) is 14.9. The topological polar surface area (TPSA) is 179 Å². The zero-order valence-electron chi connectivity index (χ0n) is 29.0. The zero-order chi connectivity index (χ0) is 34.3. The predicted molar refractivity (Wildman–Crippen MR) is 179 cm³/mol. The number of carbonyl (C=O) groups is 4. The summed E-state index contributed by atoms with van der Waals surface area (Å²) in [6.45, 7) is 17.3. The molecular formula is C29H62N4O8P2Y. The van der Waals surface area contributed by atoms with Gasteiger partial charge in [0.15, 0.2) is 0 Å². The van der Waals surface area contributed by atoms with Crippen LogP contribution in [-0.4, -0.2) is 104 Å². The number of ketones is 2. The molecule has 4 unspecified atom stereocenters. The number of hydrogen-bond donors (Lipinski definition) is 6. The van der Waals surface area contributed by atoms with Crippen molar-refractivity contribution in [1.29, 1.82) is 0 Å². The predicted octanol–water partition coefficient (Wildman–Crippen LogP) is 2.53. The number of esters is 1. The first-order chi connectivity index (χ1) is 19.9. The molecule has 0 aromatic carbocycles. The molecule has 6 N–H and O–H groups in total. The molecule has 259 valence electrons. The van der Waals surface area contributed by atoms with Gasteiger partial charge in [-0.1, -0.05) is 29.7 Å². The van der Waals surface area contributed by atoms with Crippen LogP contribution in [0.4, 0.5) is 0 Å². The van der Waals surface area contributed by atoms with Gasteiger partial charge in [0.25, 0.3) is 0 Å². The molecule has 15 heteroatoms. The van der Waals surface area contributed by atoms with Crippen LogP contribution in [-0.2, 0) is 61.4 Å². The molecule has 1 radical (unpaired) electrons. The summed E-state index contributed by atoms with van der Waals surface area (Å²) in [4.78, 5) is 41.6. The molecule has 12 nitrogen and oxygen atoms in total. The molecule has 2 aliphatic heterocycles. The van der Waals surface area contributed by atoms with E-state index in [2.05, 4.69) is 36.9 Å². The second-order valence-electron chi connectivity index (χ2n) is 10.9. The molecule has 0 aliphatic carbocycles. The van der Waals surface area contributed by atoms with E-state index in [1.807, 2.05) is 41.7 Å². The van der Waals surface area contributed by atoms with Crippen LogP contribution >= 0.6 is 17.3 Å². The van der Waals surface area contributed by atoms with Gasteiger partial charge in [0, 0.05) is 63.2 Å². The summed E-state index contributed by atoms with van der Waals surface area (Å²) in [7, 11) is 8.61. The summed E-state index contributed by atoms with van der Waals surface area (Å²) >= 11 is 0. The monoisotopic (exact) mass is 745 g/mol. The Hall–Kier alpha value is 0.00390. The van der Waals surface area contributed by atoms with Gasteiger partial charge in [-0.3, -0.25) is 19.5 Å². The van der Waals surface area contributed by atoms with Crippen molar-refractivity contribution >= 4 is 40.9 Å². The fourth-order valence-corrected chi connectivity index (χ4v) is 4.10. The molecule has 2 saturated heterocycles. The second-order valence-corrected chi connectivity index (χ2v) is 12.4. The van der Waals surface area contributed by atoms with Gasteiger partial charge < -0.3 is 40.4 Å². The minimum atomic E-state index is -0.817. The molecule has 0 aromatic heterocycles. The van der Waals surface area contributed by atoms with Crippen LogP contribution in [0.5, 0.6) is 0 Å². The Morgan fingerprint density at radius 2 is 1.50 bits per heavy atom. The van der Waals surface area contributed by atoms with Crippen LogP contribution in [0.3, 0.4) is 0 Å². The molecule has 2 heterocycles. The van der Waals surface area contributed by atoms with Crippen LogP contribution in [0.15, 0.2) is 0 Å². The molecule has 44 heavy (non-hydrogen) atoms. The Bertz CT molecular complexity index is 784. The molecule has 2 fully saturated rings. The smallest absolute Gasteiger partial charge is 0.320 e. The van der Waals surface area contributed by atoms with E-state index in [1.54, 1.807) is 34.9 Å². The SMILES string of the molecule is CC(NPP)C1C[C@@H](C)C(=O)O1.CCC(C)=O.CN[C@@H](C)C(=O)O.CN[C@@H](C)[C@@H](O)C[C@@H](C)C(C)=O.CN[C@@H](C)[C@@H]1CO1.[Y]. The number of aliphatic hydroxyl groups excluding tert-OH is 1. The number of aliphatic carboxylic acids is 1. The number of cyclic esters (lactones) is 1. The summed E-state index contributed by atoms with van der Waals surface area (Å²) in [5.74, 6) is -0.450. The zero-order valence-corrected chi connectivity index (χ0v) is 34.0. The van der Waals surface area contributed by atoms with Crippen molar-refractivity contribution in [2.45, 2.75) is 124 Å². The van der Waals surface area contributed by atoms with E-state index in [0.29, 0.717) is 33.4 Å². The average Bonchev–Trinajstić information content (AvgIpc) is 3.76. The number of carbonyl (C=O) groups excluding carboxylic acids is 3. The van der Waals surface area contributed by atoms with Crippen LogP contribution in [0.25, 0.3) is 0 Å². The summed E-state index contributed by atoms with van der Waals surface area (Å²) in [5, 5.41) is 29.5. The molecule has 11 atom stereocenters. The maximum Gasteiger partial charge on any atom is 0.320 e. The van der Waals surface area contributed by atoms with Crippen LogP contribution in [0.1, 0.15) is 81.6 Å². The molecule has 2 aliphatic rings. The number of ether oxygens (including phenoxy) is 2. The first-order valence-corrected chi connectivity index (χ1v) is 17.7. The van der Waals surface area contributed by atoms with Crippen LogP contribution < -0.4 is 21.0 Å². The summed E-state index contributed by atoms with van der Waals surface area (Å²) < 4.78 is 10.2. The Kier molecular flexibility index (Phi) is 35.1. The number of rotatable bonds is 13. The number of carboxylic acid groups (broad SMARTS) is 1. The van der Waals surface area contributed by atoms with E-state index >= 15 is 0 Å². The van der Waals surface area contributed by atoms with E-state index in [9.17, 15) is 24.3 Å². The Morgan fingerprint density at radius 1 is 1.00 bits per heavy atom. The Morgan fingerprint density at radius 3 is 1.73 bits per heavy atom. The normalized spacial score (nSPS) is 22.1. The van der Waals surface area contributed by atoms with Gasteiger partial charge in [0.2, 0.25) is 0 Å². The third-order valence-electron chi connectivity index (χ3n) is 7.12. The van der Waals surface area contributed by atoms with E-state index < -0.39 is 18.1 Å². The summed E-state index contributed by atoms with van der Waals surface area (Å²) in [6, 6.07) is 0.432. The van der Waals surface area contributed by atoms with Crippen molar-refractivity contribution < 1.29 is 71.6 Å². The summed E-state index contributed by atoms with van der Waals surface area (Å²) in [6.07, 6.45) is 2.19. The van der Waals surface area contributed by atoms with Gasteiger partial charge in [-0.2, -0.15) is 0 Å². The van der Waals surface area contributed by atoms with E-state index in [4.69, 9.17) is 14.6 Å². The number of carboxylic acids is 1. The maximum atomic E-state index is 11.0. The minimum absolute atomic E-state index is 0. The van der Waals surface area contributed by atoms with Crippen molar-refractivity contribution in [3.8, 4) is 0 Å². The van der Waals surface area contributed by atoms with Gasteiger partial charge in [0.1, 0.15) is 23.7 Å². The Labute approximate surface area is 295 Å². The van der Waals surface area contributed by atoms with Crippen molar-refractivity contribution in [3.63, 3.8) is 0 Å². The third-order valence-corrected chi connectivity index (χ3v) is 8.24. The standard InChI is InChI=1S/C9H19NO2.C7H15NO2P2.C5H11NO.C4H9NO2.C4H8O.Y/c1-6(8(3)11)5-9(12)7(2)10-4;1-4-3-6(10-7(4)9)5(2)8-12-11;1-4(6-2)5-3-7-5;1-3(5-2)4(6)7;1-3-4(2)5;/h6-7,9-10,12H,5H2,1-4H3;4-6,8,12H,3,11H2,1-2H3;4-6H,3H2,1-2H3;3,5H,1-2H3,(H,6,7);3H2,1-2H3;/t6-,7+,9+;4-,5?,6?;4-,5-;3-;;/m1100../s1. The number of Topliss-reactive ketones (excluding diaryl/α,β-unsaturated/α-hetero) is 2. The largest absolute Gasteiger partial charge is 0.480 e. The molecule has 0 spiro atoms. The van der Waals surface area contributed by atoms with Crippen LogP contribution in [0, 0.1) is 11.8 Å². The van der Waals surface area contributed by atoms with Gasteiger partial charge in [0.05, 0.1) is 24.7 Å². The van der Waals surface area contributed by atoms with E-state index in [0.717, 1.165) is 13.0 Å². The maximum absolute atomic E-state index is 11.0. The van der Waals surface area contributed by atoms with Crippen molar-refractivity contribution in [3.05, 3.63) is 0 Å². The van der Waals surface area contributed by atoms with Crippen LogP contribution in [0.2, 0.25) is 0 Å². The second kappa shape index (κ2) is 30.3. The average molecular weight is 746 g/mol. The first kappa shape index (κ1) is 50.9. The molecule has 0 amide bonds. The van der Waals surface area contributed by atoms with Gasteiger partial charge in [-0.15, -0.1) is 0 Å². The van der Waals surface area contributed by atoms with Gasteiger partial charge in [-0.05, 0) is 83.9 Å². The number of nitrogens with one attached hydrogen (secondary N) is 4. The van der Waals surface area contributed by atoms with Crippen molar-refractivity contribution in [2.75, 3.05) is 27.7 Å². The fraction of sp³-hybridized carbons (Fsp3) is 0.862. The molecule has 0 saturated carbocycles. The van der Waals surface area contributed by atoms with E-state index in [-0.39, 0.29) is 80.3 Å². The van der Waals surface area contributed by atoms with Gasteiger partial charge in [-0.25, -0.2) is 0 Å². The summed E-state index contributed by atoms with van der Waals surface area (Å²) in [5.41, 5.74) is 0. The Balaban J connectivity index is -0.000000235. The number of hydrogen-bond acceptors (Lipinski definition) is 11. The molecule has 0 bridgehead atoms. The van der Waals surface area contributed by atoms with Crippen molar-refractivity contribution in [1.82, 2.24) is 21.0 Å². The third kappa shape index (κ3) is 28.2. The quantitative estimate of drug-likeness (QED) is 0.0924. The van der Waals surface area contributed by atoms with Crippen molar-refractivity contribution in [2.24, 2.45) is 11.8 Å². The molecular weight excluding hydrogens is 683 g/mol. The molecule has 2 rings (SSSR count). The minimum Gasteiger partial charge on any atom is -0.480 e. The number of aliphatic hydroxyl groups is 1. The fourth-order valence-electron chi connectivity index (χ4n) is 2.87. The molecule has 0 aromatic rings.